The number of nitrogens with zero attached hydrogens (tertiary/aromatic N) is 3. The third-order valence-electron chi connectivity index (χ3n) is 4.37. The molecule has 0 saturated heterocycles. The minimum atomic E-state index is -0.798. The molecule has 0 radical (unpaired) electrons. The van der Waals surface area contributed by atoms with Crippen LogP contribution in [-0.4, -0.2) is 19.5 Å². The number of hydrogen-bond donors (Lipinski definition) is 1. The predicted octanol–water partition coefficient (Wildman–Crippen LogP) is 4.88. The molecule has 0 aliphatic heterocycles. The first-order valence-electron chi connectivity index (χ1n) is 8.19. The summed E-state index contributed by atoms with van der Waals surface area (Å²) in [7, 11) is 0. The number of fused-ring (bicyclic) bond motifs is 1. The SMILES string of the molecule is Cc1[nH]n2c(=O)c([N+](=O)[O-])c(-c3ccccc3)nc2c1-c1ccc(Cl)cc1Cl. The molecule has 4 aromatic rings. The van der Waals surface area contributed by atoms with E-state index in [1.54, 1.807) is 55.5 Å². The summed E-state index contributed by atoms with van der Waals surface area (Å²) in [5, 5.41) is 15.3. The van der Waals surface area contributed by atoms with Gasteiger partial charge < -0.3 is 0 Å². The molecule has 28 heavy (non-hydrogen) atoms. The highest BCUT2D eigenvalue weighted by molar-refractivity contribution is 6.36. The zero-order valence-corrected chi connectivity index (χ0v) is 16.0. The molecule has 1 N–H and O–H groups in total. The van der Waals surface area contributed by atoms with Crippen LogP contribution in [0.4, 0.5) is 5.69 Å². The van der Waals surface area contributed by atoms with Gasteiger partial charge in [0.15, 0.2) is 11.3 Å². The molecule has 0 aliphatic rings. The van der Waals surface area contributed by atoms with Crippen molar-refractivity contribution in [2.45, 2.75) is 6.92 Å². The smallest absolute Gasteiger partial charge is 0.293 e. The molecule has 0 aliphatic carbocycles. The molecule has 2 heterocycles. The third-order valence-corrected chi connectivity index (χ3v) is 4.92. The number of nitrogens with one attached hydrogen (secondary N) is 1. The van der Waals surface area contributed by atoms with Crippen LogP contribution in [0, 0.1) is 17.0 Å². The molecule has 2 aromatic carbocycles. The largest absolute Gasteiger partial charge is 0.361 e. The maximum absolute atomic E-state index is 12.9. The number of rotatable bonds is 3. The monoisotopic (exact) mass is 414 g/mol. The molecule has 0 saturated carbocycles. The Hall–Kier alpha value is -3.16. The van der Waals surface area contributed by atoms with Gasteiger partial charge in [0.2, 0.25) is 0 Å². The van der Waals surface area contributed by atoms with Gasteiger partial charge >= 0.3 is 11.2 Å². The fourth-order valence-corrected chi connectivity index (χ4v) is 3.65. The van der Waals surface area contributed by atoms with Crippen LogP contribution >= 0.6 is 23.2 Å². The lowest BCUT2D eigenvalue weighted by Gasteiger charge is -2.06. The Morgan fingerprint density at radius 2 is 1.86 bits per heavy atom. The van der Waals surface area contributed by atoms with Gasteiger partial charge in [-0.25, -0.2) is 4.98 Å². The molecular weight excluding hydrogens is 403 g/mol. The second kappa shape index (κ2) is 6.78. The maximum Gasteiger partial charge on any atom is 0.361 e. The Bertz CT molecular complexity index is 1300. The van der Waals surface area contributed by atoms with Gasteiger partial charge in [-0.05, 0) is 19.1 Å². The molecule has 0 bridgehead atoms. The van der Waals surface area contributed by atoms with Crippen LogP contribution in [0.25, 0.3) is 28.0 Å². The highest BCUT2D eigenvalue weighted by Crippen LogP contribution is 2.36. The van der Waals surface area contributed by atoms with Crippen LogP contribution in [0.2, 0.25) is 10.0 Å². The molecule has 7 nitrogen and oxygen atoms in total. The van der Waals surface area contributed by atoms with E-state index in [-0.39, 0.29) is 11.3 Å². The van der Waals surface area contributed by atoms with E-state index in [9.17, 15) is 14.9 Å². The van der Waals surface area contributed by atoms with Gasteiger partial charge in [-0.15, -0.1) is 0 Å². The summed E-state index contributed by atoms with van der Waals surface area (Å²) in [4.78, 5) is 28.3. The fraction of sp³-hybridized carbons (Fsp3) is 0.0526. The van der Waals surface area contributed by atoms with Gasteiger partial charge in [0.1, 0.15) is 0 Å². The zero-order valence-electron chi connectivity index (χ0n) is 14.4. The first-order chi connectivity index (χ1) is 13.4. The minimum Gasteiger partial charge on any atom is -0.293 e. The second-order valence-electron chi connectivity index (χ2n) is 6.13. The van der Waals surface area contributed by atoms with Crippen LogP contribution in [-0.2, 0) is 0 Å². The Morgan fingerprint density at radius 1 is 1.14 bits per heavy atom. The van der Waals surface area contributed by atoms with Crippen molar-refractivity contribution in [1.82, 2.24) is 14.6 Å². The van der Waals surface area contributed by atoms with E-state index in [4.69, 9.17) is 23.2 Å². The zero-order chi connectivity index (χ0) is 20.0. The van der Waals surface area contributed by atoms with E-state index in [2.05, 4.69) is 10.1 Å². The molecular formula is C19H12Cl2N4O3. The van der Waals surface area contributed by atoms with Crippen molar-refractivity contribution in [3.05, 3.63) is 84.7 Å². The summed E-state index contributed by atoms with van der Waals surface area (Å²) in [5.41, 5.74) is 1.10. The first-order valence-corrected chi connectivity index (χ1v) is 8.94. The van der Waals surface area contributed by atoms with Gasteiger partial charge in [0.25, 0.3) is 0 Å². The topological polar surface area (TPSA) is 93.3 Å². The van der Waals surface area contributed by atoms with Crippen molar-refractivity contribution in [3.8, 4) is 22.4 Å². The van der Waals surface area contributed by atoms with Crippen molar-refractivity contribution >= 4 is 34.5 Å². The van der Waals surface area contributed by atoms with Crippen LogP contribution in [0.1, 0.15) is 5.69 Å². The van der Waals surface area contributed by atoms with Crippen LogP contribution < -0.4 is 5.56 Å². The number of H-pyrrole nitrogens is 1. The van der Waals surface area contributed by atoms with E-state index in [0.29, 0.717) is 32.4 Å². The Morgan fingerprint density at radius 3 is 2.50 bits per heavy atom. The summed E-state index contributed by atoms with van der Waals surface area (Å²) >= 11 is 12.3. The lowest BCUT2D eigenvalue weighted by molar-refractivity contribution is -0.385. The fourth-order valence-electron chi connectivity index (χ4n) is 3.15. The summed E-state index contributed by atoms with van der Waals surface area (Å²) in [6, 6.07) is 13.5. The van der Waals surface area contributed by atoms with Crippen molar-refractivity contribution in [2.24, 2.45) is 0 Å². The molecule has 0 atom stereocenters. The van der Waals surface area contributed by atoms with Crippen LogP contribution in [0.15, 0.2) is 53.3 Å². The van der Waals surface area contributed by atoms with E-state index in [1.165, 1.54) is 0 Å². The predicted molar refractivity (Wildman–Crippen MR) is 108 cm³/mol. The maximum atomic E-state index is 12.9. The normalized spacial score (nSPS) is 11.1. The van der Waals surface area contributed by atoms with E-state index in [1.807, 2.05) is 0 Å². The summed E-state index contributed by atoms with van der Waals surface area (Å²) in [5.74, 6) is 0. The molecule has 4 rings (SSSR count). The Kier molecular flexibility index (Phi) is 4.41. The summed E-state index contributed by atoms with van der Waals surface area (Å²) in [6.07, 6.45) is 0. The van der Waals surface area contributed by atoms with Gasteiger partial charge in [0, 0.05) is 27.4 Å². The average Bonchev–Trinajstić information content (AvgIpc) is 2.98. The van der Waals surface area contributed by atoms with Crippen molar-refractivity contribution in [2.75, 3.05) is 0 Å². The lowest BCUT2D eigenvalue weighted by atomic mass is 10.1. The van der Waals surface area contributed by atoms with Gasteiger partial charge in [-0.2, -0.15) is 4.52 Å². The van der Waals surface area contributed by atoms with Crippen molar-refractivity contribution in [3.63, 3.8) is 0 Å². The Labute approximate surface area is 168 Å². The van der Waals surface area contributed by atoms with Crippen molar-refractivity contribution < 1.29 is 4.92 Å². The number of hydrogen-bond acceptors (Lipinski definition) is 4. The van der Waals surface area contributed by atoms with Gasteiger partial charge in [0.05, 0.1) is 9.95 Å². The number of benzene rings is 2. The summed E-state index contributed by atoms with van der Waals surface area (Å²) < 4.78 is 1.07. The molecule has 9 heteroatoms. The van der Waals surface area contributed by atoms with Gasteiger partial charge in [-0.3, -0.25) is 20.0 Å². The average molecular weight is 415 g/mol. The number of aromatic amines is 1. The molecule has 140 valence electrons. The van der Waals surface area contributed by atoms with Crippen LogP contribution in [0.3, 0.4) is 0 Å². The molecule has 0 amide bonds. The first kappa shape index (κ1) is 18.2. The molecule has 0 spiro atoms. The lowest BCUT2D eigenvalue weighted by Crippen LogP contribution is -2.20. The molecule has 0 unspecified atom stereocenters. The van der Waals surface area contributed by atoms with Crippen molar-refractivity contribution in [1.29, 1.82) is 0 Å². The van der Waals surface area contributed by atoms with Gasteiger partial charge in [-0.1, -0.05) is 59.6 Å². The number of halogens is 2. The standard InChI is InChI=1S/C19H12Cl2N4O3/c1-10-15(13-8-7-12(20)9-14(13)21)18-22-16(11-5-3-2-4-6-11)17(25(27)28)19(26)24(18)23-10/h2-9,23H,1H3. The highest BCUT2D eigenvalue weighted by atomic mass is 35.5. The third kappa shape index (κ3) is 2.85. The number of aromatic nitrogens is 3. The summed E-state index contributed by atoms with van der Waals surface area (Å²) in [6.45, 7) is 1.74. The van der Waals surface area contributed by atoms with E-state index >= 15 is 0 Å². The number of aryl methyl sites for hydroxylation is 1. The van der Waals surface area contributed by atoms with E-state index < -0.39 is 16.2 Å². The quantitative estimate of drug-likeness (QED) is 0.381. The van der Waals surface area contributed by atoms with Crippen LogP contribution in [0.5, 0.6) is 0 Å². The minimum absolute atomic E-state index is 0.000867. The Balaban J connectivity index is 2.13. The van der Waals surface area contributed by atoms with E-state index in [0.717, 1.165) is 4.52 Å². The number of nitro groups is 1. The highest BCUT2D eigenvalue weighted by Gasteiger charge is 2.27. The molecule has 0 fully saturated rings. The second-order valence-corrected chi connectivity index (χ2v) is 6.98. The molecule has 2 aromatic heterocycles.